The Morgan fingerprint density at radius 2 is 1.79 bits per heavy atom. The van der Waals surface area contributed by atoms with E-state index >= 15 is 0 Å². The van der Waals surface area contributed by atoms with Gasteiger partial charge in [-0.1, -0.05) is 42.5 Å². The number of methoxy groups -OCH3 is 1. The fraction of sp³-hybridized carbons (Fsp3) is 0.300. The zero-order chi connectivity index (χ0) is 33.5. The molecular formula is C30H32N8O9. The minimum atomic E-state index is -1.69. The number of carbonyl (C=O) groups excluding carboxylic acids is 3. The number of amides is 3. The number of aromatic nitrogens is 4. The molecule has 0 saturated carbocycles. The molecular weight excluding hydrogens is 616 g/mol. The molecule has 17 nitrogen and oxygen atoms in total. The number of hydrogen-bond acceptors (Lipinski definition) is 12. The molecule has 5 atom stereocenters. The molecule has 47 heavy (non-hydrogen) atoms. The van der Waals surface area contributed by atoms with Crippen molar-refractivity contribution in [3.63, 3.8) is 0 Å². The Labute approximate surface area is 267 Å². The number of imidazole rings is 1. The van der Waals surface area contributed by atoms with Crippen molar-refractivity contribution in [1.82, 2.24) is 35.5 Å². The normalized spacial score (nSPS) is 19.4. The number of fused-ring (bicyclic) bond motifs is 1. The van der Waals surface area contributed by atoms with E-state index in [1.807, 2.05) is 6.07 Å². The number of nitrogens with one attached hydrogen (secondary N) is 3. The Balaban J connectivity index is 1.29. The minimum Gasteiger partial charge on any atom is -0.497 e. The third kappa shape index (κ3) is 7.71. The maximum Gasteiger partial charge on any atom is 0.407 e. The maximum absolute atomic E-state index is 13.6. The third-order valence-electron chi connectivity index (χ3n) is 7.34. The van der Waals surface area contributed by atoms with Crippen molar-refractivity contribution >= 4 is 40.9 Å². The number of carboxylic acids is 1. The molecule has 2 aromatic heterocycles. The van der Waals surface area contributed by atoms with E-state index in [9.17, 15) is 29.4 Å². The topological polar surface area (TPSA) is 242 Å². The van der Waals surface area contributed by atoms with E-state index in [1.54, 1.807) is 48.5 Å². The van der Waals surface area contributed by atoms with Crippen molar-refractivity contribution in [2.75, 3.05) is 19.4 Å². The van der Waals surface area contributed by atoms with E-state index in [-0.39, 0.29) is 30.0 Å². The number of aliphatic hydroxyl groups is 1. The highest BCUT2D eigenvalue weighted by Crippen LogP contribution is 2.32. The van der Waals surface area contributed by atoms with E-state index in [1.165, 1.54) is 24.3 Å². The SMILES string of the molecule is COc1ccc(C[C@H](NC(=O)CNC(=O)OCc2ccccc2)C(=O)N[C@H]2[C@@H](O)[C@H](n3cnc4c(N)ncnc43)O[C@@H]2C(=O)O)cc1. The van der Waals surface area contributed by atoms with Crippen molar-refractivity contribution in [2.45, 2.75) is 43.5 Å². The first-order valence-corrected chi connectivity index (χ1v) is 14.3. The van der Waals surface area contributed by atoms with Crippen LogP contribution in [0.3, 0.4) is 0 Å². The molecule has 17 heteroatoms. The molecule has 0 radical (unpaired) electrons. The van der Waals surface area contributed by atoms with Crippen LogP contribution in [0.25, 0.3) is 11.2 Å². The number of anilines is 1. The van der Waals surface area contributed by atoms with Crippen LogP contribution in [-0.4, -0.2) is 91.6 Å². The molecule has 1 fully saturated rings. The van der Waals surface area contributed by atoms with E-state index in [0.29, 0.717) is 11.3 Å². The second-order valence-electron chi connectivity index (χ2n) is 10.5. The molecule has 1 saturated heterocycles. The number of aliphatic hydroxyl groups excluding tert-OH is 1. The summed E-state index contributed by atoms with van der Waals surface area (Å²) < 4.78 is 17.2. The Kier molecular flexibility index (Phi) is 10.1. The summed E-state index contributed by atoms with van der Waals surface area (Å²) in [6, 6.07) is 12.9. The minimum absolute atomic E-state index is 0.0104. The van der Waals surface area contributed by atoms with Gasteiger partial charge in [-0.15, -0.1) is 0 Å². The number of ether oxygens (including phenoxy) is 3. The third-order valence-corrected chi connectivity index (χ3v) is 7.34. The molecule has 0 aliphatic carbocycles. The summed E-state index contributed by atoms with van der Waals surface area (Å²) >= 11 is 0. The molecule has 5 rings (SSSR count). The number of rotatable bonds is 12. The van der Waals surface area contributed by atoms with Crippen LogP contribution in [-0.2, 0) is 36.9 Å². The molecule has 3 heterocycles. The molecule has 0 bridgehead atoms. The summed E-state index contributed by atoms with van der Waals surface area (Å²) in [5.41, 5.74) is 7.61. The summed E-state index contributed by atoms with van der Waals surface area (Å²) in [6.45, 7) is -0.531. The zero-order valence-corrected chi connectivity index (χ0v) is 25.0. The van der Waals surface area contributed by atoms with Gasteiger partial charge >= 0.3 is 12.1 Å². The fourth-order valence-electron chi connectivity index (χ4n) is 4.97. The highest BCUT2D eigenvalue weighted by molar-refractivity contribution is 5.90. The van der Waals surface area contributed by atoms with Crippen molar-refractivity contribution in [3.8, 4) is 5.75 Å². The number of nitrogens with zero attached hydrogens (tertiary/aromatic N) is 4. The lowest BCUT2D eigenvalue weighted by atomic mass is 10.0. The van der Waals surface area contributed by atoms with Crippen LogP contribution in [0, 0.1) is 0 Å². The second kappa shape index (κ2) is 14.5. The van der Waals surface area contributed by atoms with Gasteiger partial charge in [0, 0.05) is 6.42 Å². The van der Waals surface area contributed by atoms with Gasteiger partial charge in [0.15, 0.2) is 23.8 Å². The summed E-state index contributed by atoms with van der Waals surface area (Å²) in [6.07, 6.45) is -3.04. The van der Waals surface area contributed by atoms with Gasteiger partial charge in [-0.05, 0) is 23.3 Å². The average molecular weight is 649 g/mol. The molecule has 2 aromatic carbocycles. The van der Waals surface area contributed by atoms with Crippen LogP contribution in [0.2, 0.25) is 0 Å². The molecule has 0 spiro atoms. The highest BCUT2D eigenvalue weighted by Gasteiger charge is 2.50. The van der Waals surface area contributed by atoms with Crippen LogP contribution in [0.1, 0.15) is 17.4 Å². The van der Waals surface area contributed by atoms with Crippen LogP contribution in [0.4, 0.5) is 10.6 Å². The van der Waals surface area contributed by atoms with Gasteiger partial charge < -0.3 is 46.1 Å². The van der Waals surface area contributed by atoms with Gasteiger partial charge in [-0.2, -0.15) is 0 Å². The monoisotopic (exact) mass is 648 g/mol. The molecule has 246 valence electrons. The first-order chi connectivity index (χ1) is 22.6. The van der Waals surface area contributed by atoms with Crippen LogP contribution in [0.5, 0.6) is 5.75 Å². The Hall–Kier alpha value is -5.81. The lowest BCUT2D eigenvalue weighted by Gasteiger charge is -2.24. The van der Waals surface area contributed by atoms with Gasteiger partial charge in [0.1, 0.15) is 42.9 Å². The number of nitrogens with two attached hydrogens (primary N) is 1. The Morgan fingerprint density at radius 3 is 2.49 bits per heavy atom. The van der Waals surface area contributed by atoms with Gasteiger partial charge in [0.05, 0.1) is 19.5 Å². The van der Waals surface area contributed by atoms with Crippen molar-refractivity contribution in [1.29, 1.82) is 0 Å². The predicted molar refractivity (Wildman–Crippen MR) is 162 cm³/mol. The number of carbonyl (C=O) groups is 4. The Morgan fingerprint density at radius 1 is 1.04 bits per heavy atom. The predicted octanol–water partition coefficient (Wildman–Crippen LogP) is -0.101. The molecule has 4 aromatic rings. The lowest BCUT2D eigenvalue weighted by molar-refractivity contribution is -0.152. The summed E-state index contributed by atoms with van der Waals surface area (Å²) in [7, 11) is 1.50. The molecule has 1 aliphatic heterocycles. The molecule has 3 amide bonds. The largest absolute Gasteiger partial charge is 0.497 e. The standard InChI is InChI=1S/C30H32N8O9/c1-45-18-9-7-16(8-10-18)11-19(36-20(39)12-32-30(44)46-13-17-5-3-2-4-6-17)27(41)37-21-23(40)28(47-24(21)29(42)43)38-15-35-22-25(31)33-14-34-26(22)38/h2-10,14-15,19,21,23-24,28,40H,11-13H2,1H3,(H,32,44)(H,36,39)(H,37,41)(H,42,43)(H2,31,33,34)/t19-,21-,23+,24-,28+/m0/s1. The van der Waals surface area contributed by atoms with E-state index < -0.39 is 60.9 Å². The molecule has 0 unspecified atom stereocenters. The number of nitrogen functional groups attached to an aromatic ring is 1. The quantitative estimate of drug-likeness (QED) is 0.118. The maximum atomic E-state index is 13.6. The van der Waals surface area contributed by atoms with E-state index in [4.69, 9.17) is 19.9 Å². The lowest BCUT2D eigenvalue weighted by Crippen LogP contribution is -2.57. The fourth-order valence-corrected chi connectivity index (χ4v) is 4.97. The van der Waals surface area contributed by atoms with Crippen molar-refractivity contribution in [2.24, 2.45) is 0 Å². The zero-order valence-electron chi connectivity index (χ0n) is 25.0. The number of carboxylic acid groups (broad SMARTS) is 1. The summed E-state index contributed by atoms with van der Waals surface area (Å²) in [5, 5.41) is 28.5. The van der Waals surface area contributed by atoms with Gasteiger partial charge in [-0.25, -0.2) is 24.5 Å². The number of alkyl carbamates (subject to hydrolysis) is 1. The van der Waals surface area contributed by atoms with Gasteiger partial charge in [-0.3, -0.25) is 14.2 Å². The second-order valence-corrected chi connectivity index (χ2v) is 10.5. The van der Waals surface area contributed by atoms with Crippen molar-refractivity contribution < 1.29 is 43.6 Å². The first kappa shape index (κ1) is 32.6. The number of benzene rings is 2. The van der Waals surface area contributed by atoms with E-state index in [2.05, 4.69) is 30.9 Å². The average Bonchev–Trinajstić information content (AvgIpc) is 3.64. The Bertz CT molecular complexity index is 1730. The highest BCUT2D eigenvalue weighted by atomic mass is 16.6. The van der Waals surface area contributed by atoms with Crippen LogP contribution >= 0.6 is 0 Å². The van der Waals surface area contributed by atoms with E-state index in [0.717, 1.165) is 5.56 Å². The van der Waals surface area contributed by atoms with Crippen molar-refractivity contribution in [3.05, 3.63) is 78.4 Å². The van der Waals surface area contributed by atoms with Crippen LogP contribution in [0.15, 0.2) is 67.3 Å². The first-order valence-electron chi connectivity index (χ1n) is 14.3. The number of aliphatic carboxylic acids is 1. The molecule has 7 N–H and O–H groups in total. The summed E-state index contributed by atoms with van der Waals surface area (Å²) in [5.74, 6) is -2.37. The van der Waals surface area contributed by atoms with Crippen LogP contribution < -0.4 is 26.4 Å². The smallest absolute Gasteiger partial charge is 0.407 e. The van der Waals surface area contributed by atoms with Gasteiger partial charge in [0.25, 0.3) is 0 Å². The number of hydrogen-bond donors (Lipinski definition) is 6. The molecule has 1 aliphatic rings. The van der Waals surface area contributed by atoms with Gasteiger partial charge in [0.2, 0.25) is 11.8 Å². The summed E-state index contributed by atoms with van der Waals surface area (Å²) in [4.78, 5) is 62.9.